The van der Waals surface area contributed by atoms with Crippen molar-refractivity contribution >= 4 is 17.7 Å². The Morgan fingerprint density at radius 2 is 1.74 bits per heavy atom. The van der Waals surface area contributed by atoms with Gasteiger partial charge in [0, 0.05) is 23.5 Å². The molecule has 1 saturated carbocycles. The van der Waals surface area contributed by atoms with Gasteiger partial charge in [0.2, 0.25) is 5.78 Å². The van der Waals surface area contributed by atoms with Crippen LogP contribution < -0.4 is 0 Å². The lowest BCUT2D eigenvalue weighted by Crippen LogP contribution is -2.49. The van der Waals surface area contributed by atoms with Crippen LogP contribution in [-0.2, 0) is 28.6 Å². The van der Waals surface area contributed by atoms with E-state index < -0.39 is 35.7 Å². The van der Waals surface area contributed by atoms with E-state index in [0.717, 1.165) is 5.57 Å². The number of ketones is 1. The normalized spacial score (nSPS) is 28.9. The van der Waals surface area contributed by atoms with Crippen LogP contribution in [0.3, 0.4) is 0 Å². The maximum absolute atomic E-state index is 13.1. The Kier molecular flexibility index (Phi) is 7.82. The van der Waals surface area contributed by atoms with Crippen molar-refractivity contribution < 1.29 is 28.6 Å². The number of rotatable bonds is 8. The second kappa shape index (κ2) is 9.77. The van der Waals surface area contributed by atoms with Gasteiger partial charge >= 0.3 is 11.9 Å². The number of Topliss-reactive ketones (excluding diaryl/α,β-unsaturated/α-hetero) is 1. The Morgan fingerprint density at radius 3 is 2.29 bits per heavy atom. The van der Waals surface area contributed by atoms with Gasteiger partial charge in [-0.25, -0.2) is 9.59 Å². The monoisotopic (exact) mass is 430 g/mol. The molecule has 2 rings (SSSR count). The van der Waals surface area contributed by atoms with Gasteiger partial charge in [0.25, 0.3) is 0 Å². The fourth-order valence-electron chi connectivity index (χ4n) is 3.57. The number of esters is 2. The number of ether oxygens (including phenoxy) is 3. The van der Waals surface area contributed by atoms with E-state index in [4.69, 9.17) is 14.2 Å². The van der Waals surface area contributed by atoms with Gasteiger partial charge in [-0.3, -0.25) is 4.79 Å². The zero-order valence-corrected chi connectivity index (χ0v) is 19.6. The van der Waals surface area contributed by atoms with Crippen molar-refractivity contribution in [3.63, 3.8) is 0 Å². The smallest absolute Gasteiger partial charge is 0.334 e. The maximum Gasteiger partial charge on any atom is 0.334 e. The molecule has 6 heteroatoms. The number of hydrogen-bond donors (Lipinski definition) is 0. The zero-order valence-electron chi connectivity index (χ0n) is 19.6. The third kappa shape index (κ3) is 5.42. The van der Waals surface area contributed by atoms with Crippen molar-refractivity contribution in [2.45, 2.75) is 85.2 Å². The predicted molar refractivity (Wildman–Crippen MR) is 118 cm³/mol. The van der Waals surface area contributed by atoms with Crippen molar-refractivity contribution in [2.75, 3.05) is 0 Å². The molecule has 0 aromatic carbocycles. The summed E-state index contributed by atoms with van der Waals surface area (Å²) >= 11 is 0. The van der Waals surface area contributed by atoms with Gasteiger partial charge < -0.3 is 14.2 Å². The standard InChI is InChI=1S/C25H34O6/c1-9-15(5)23(27)29-19(12-11-14(3)4)17(7)18-13-20-25(8,31-20)22(26)21(18)30-24(28)16(6)10-2/h9-11,18-21H,7,12-13H2,1-6,8H3/b15-9-,16-10-/t18?,19?,20-,21-,25-/m0/s1. The van der Waals surface area contributed by atoms with Gasteiger partial charge in [-0.2, -0.15) is 0 Å². The second-order valence-electron chi connectivity index (χ2n) is 8.68. The highest BCUT2D eigenvalue weighted by atomic mass is 16.6. The number of carbonyl (C=O) groups excluding carboxylic acids is 3. The molecule has 0 aromatic rings. The van der Waals surface area contributed by atoms with Gasteiger partial charge in [-0.15, -0.1) is 0 Å². The zero-order chi connectivity index (χ0) is 23.5. The van der Waals surface area contributed by atoms with Crippen molar-refractivity contribution in [1.29, 1.82) is 0 Å². The van der Waals surface area contributed by atoms with Crippen LogP contribution >= 0.6 is 0 Å². The van der Waals surface area contributed by atoms with E-state index in [1.165, 1.54) is 0 Å². The molecular formula is C25H34O6. The first-order valence-corrected chi connectivity index (χ1v) is 10.7. The highest BCUT2D eigenvalue weighted by Gasteiger charge is 2.66. The molecule has 1 aliphatic carbocycles. The first-order valence-electron chi connectivity index (χ1n) is 10.7. The molecule has 1 heterocycles. The van der Waals surface area contributed by atoms with Gasteiger partial charge in [0.05, 0.1) is 6.10 Å². The predicted octanol–water partition coefficient (Wildman–Crippen LogP) is 4.40. The van der Waals surface area contributed by atoms with Gasteiger partial charge in [0.1, 0.15) is 6.10 Å². The lowest BCUT2D eigenvalue weighted by Gasteiger charge is -2.34. The highest BCUT2D eigenvalue weighted by molar-refractivity contribution is 5.98. The first kappa shape index (κ1) is 24.8. The Labute approximate surface area is 185 Å². The number of allylic oxidation sites excluding steroid dienone is 3. The van der Waals surface area contributed by atoms with E-state index in [1.807, 2.05) is 19.9 Å². The third-order valence-electron chi connectivity index (χ3n) is 6.15. The largest absolute Gasteiger partial charge is 0.454 e. The minimum Gasteiger partial charge on any atom is -0.454 e. The highest BCUT2D eigenvalue weighted by Crippen LogP contribution is 2.50. The summed E-state index contributed by atoms with van der Waals surface area (Å²) in [5.41, 5.74) is 1.59. The molecule has 170 valence electrons. The van der Waals surface area contributed by atoms with Crippen LogP contribution in [0, 0.1) is 5.92 Å². The fraction of sp³-hybridized carbons (Fsp3) is 0.560. The molecule has 0 amide bonds. The second-order valence-corrected chi connectivity index (χ2v) is 8.68. The molecule has 1 aliphatic heterocycles. The third-order valence-corrected chi connectivity index (χ3v) is 6.15. The topological polar surface area (TPSA) is 82.2 Å². The summed E-state index contributed by atoms with van der Waals surface area (Å²) in [5.74, 6) is -1.77. The molecule has 31 heavy (non-hydrogen) atoms. The summed E-state index contributed by atoms with van der Waals surface area (Å²) < 4.78 is 17.0. The summed E-state index contributed by atoms with van der Waals surface area (Å²) in [6.45, 7) is 16.6. The molecule has 0 bridgehead atoms. The Bertz CT molecular complexity index is 857. The first-order chi connectivity index (χ1) is 14.5. The summed E-state index contributed by atoms with van der Waals surface area (Å²) in [4.78, 5) is 38.0. The molecular weight excluding hydrogens is 396 g/mol. The van der Waals surface area contributed by atoms with E-state index in [2.05, 4.69) is 6.58 Å². The van der Waals surface area contributed by atoms with Crippen LogP contribution in [-0.4, -0.2) is 41.6 Å². The SMILES string of the molecule is C=C(C(CC=C(C)C)OC(=O)/C(C)=C\C)C1C[C@@H]2O[C@]2(C)C(=O)[C@H]1OC(=O)/C(C)=C\C. The van der Waals surface area contributed by atoms with Gasteiger partial charge in [-0.05, 0) is 60.5 Å². The molecule has 0 aromatic heterocycles. The summed E-state index contributed by atoms with van der Waals surface area (Å²) in [7, 11) is 0. The van der Waals surface area contributed by atoms with Crippen LogP contribution in [0.4, 0.5) is 0 Å². The van der Waals surface area contributed by atoms with E-state index in [9.17, 15) is 14.4 Å². The van der Waals surface area contributed by atoms with E-state index in [-0.39, 0.29) is 11.9 Å². The van der Waals surface area contributed by atoms with Gasteiger partial charge in [-0.1, -0.05) is 30.4 Å². The number of hydrogen-bond acceptors (Lipinski definition) is 6. The molecule has 2 fully saturated rings. The number of carbonyl (C=O) groups is 3. The van der Waals surface area contributed by atoms with E-state index in [1.54, 1.807) is 46.8 Å². The Hall–Kier alpha value is -2.47. The minimum atomic E-state index is -1.03. The number of fused-ring (bicyclic) bond motifs is 1. The van der Waals surface area contributed by atoms with Crippen molar-refractivity contribution in [2.24, 2.45) is 5.92 Å². The van der Waals surface area contributed by atoms with Crippen LogP contribution in [0.15, 0.2) is 47.1 Å². The lowest BCUT2D eigenvalue weighted by atomic mass is 9.74. The summed E-state index contributed by atoms with van der Waals surface area (Å²) in [6, 6.07) is 0. The van der Waals surface area contributed by atoms with Crippen LogP contribution in [0.5, 0.6) is 0 Å². The van der Waals surface area contributed by atoms with Crippen molar-refractivity contribution in [3.05, 3.63) is 47.1 Å². The molecule has 6 nitrogen and oxygen atoms in total. The van der Waals surface area contributed by atoms with Crippen molar-refractivity contribution in [3.8, 4) is 0 Å². The minimum absolute atomic E-state index is 0.253. The van der Waals surface area contributed by atoms with Gasteiger partial charge in [0.15, 0.2) is 11.7 Å². The average Bonchev–Trinajstić information content (AvgIpc) is 3.42. The molecule has 1 saturated heterocycles. The molecule has 0 spiro atoms. The Morgan fingerprint density at radius 1 is 1.16 bits per heavy atom. The average molecular weight is 431 g/mol. The van der Waals surface area contributed by atoms with E-state index in [0.29, 0.717) is 29.6 Å². The number of epoxide rings is 1. The Balaban J connectivity index is 2.34. The maximum atomic E-state index is 13.1. The molecule has 0 N–H and O–H groups in total. The van der Waals surface area contributed by atoms with Crippen LogP contribution in [0.1, 0.15) is 61.3 Å². The molecule has 2 unspecified atom stereocenters. The van der Waals surface area contributed by atoms with Crippen LogP contribution in [0.25, 0.3) is 0 Å². The lowest BCUT2D eigenvalue weighted by molar-refractivity contribution is -0.157. The van der Waals surface area contributed by atoms with Crippen LogP contribution in [0.2, 0.25) is 0 Å². The fourth-order valence-corrected chi connectivity index (χ4v) is 3.57. The van der Waals surface area contributed by atoms with Crippen molar-refractivity contribution in [1.82, 2.24) is 0 Å². The quantitative estimate of drug-likeness (QED) is 0.246. The molecule has 5 atom stereocenters. The molecule has 0 radical (unpaired) electrons. The van der Waals surface area contributed by atoms with E-state index >= 15 is 0 Å². The summed E-state index contributed by atoms with van der Waals surface area (Å²) in [6.07, 6.45) is 4.23. The molecule has 2 aliphatic rings. The summed E-state index contributed by atoms with van der Waals surface area (Å²) in [5, 5.41) is 0.